The smallest absolute Gasteiger partial charge is 0.206 e. The molecule has 0 spiro atoms. The average molecular weight is 409 g/mol. The second-order valence-electron chi connectivity index (χ2n) is 8.05. The minimum absolute atomic E-state index is 0. The Morgan fingerprint density at radius 1 is 1.04 bits per heavy atom. The van der Waals surface area contributed by atoms with Crippen LogP contribution in [0.1, 0.15) is 31.4 Å². The molecular formula is C21H29ClN2O2S. The molecule has 1 aliphatic rings. The normalized spacial score (nSPS) is 20.1. The summed E-state index contributed by atoms with van der Waals surface area (Å²) in [5.74, 6) is 0. The SMILES string of the molecule is Cc1ccc(S(=O)(=O)c2ccc(CN3CCC(N)C(C)(C)C3)cc2)cc1.Cl. The minimum Gasteiger partial charge on any atom is -0.327 e. The van der Waals surface area contributed by atoms with Crippen molar-refractivity contribution in [1.82, 2.24) is 4.90 Å². The maximum absolute atomic E-state index is 12.7. The summed E-state index contributed by atoms with van der Waals surface area (Å²) in [6.07, 6.45) is 0.993. The first-order chi connectivity index (χ1) is 12.2. The topological polar surface area (TPSA) is 63.4 Å². The number of aryl methyl sites for hydroxylation is 1. The van der Waals surface area contributed by atoms with Crippen LogP contribution in [0.25, 0.3) is 0 Å². The van der Waals surface area contributed by atoms with E-state index in [9.17, 15) is 8.42 Å². The lowest BCUT2D eigenvalue weighted by molar-refractivity contribution is 0.0899. The van der Waals surface area contributed by atoms with Crippen molar-refractivity contribution in [3.8, 4) is 0 Å². The Kier molecular flexibility index (Phi) is 6.74. The monoisotopic (exact) mass is 408 g/mol. The molecule has 27 heavy (non-hydrogen) atoms. The van der Waals surface area contributed by atoms with Gasteiger partial charge in [-0.3, -0.25) is 4.90 Å². The molecular weight excluding hydrogens is 380 g/mol. The molecule has 1 fully saturated rings. The van der Waals surface area contributed by atoms with Crippen LogP contribution >= 0.6 is 12.4 Å². The van der Waals surface area contributed by atoms with E-state index in [4.69, 9.17) is 5.73 Å². The van der Waals surface area contributed by atoms with Crippen molar-refractivity contribution in [2.24, 2.45) is 11.1 Å². The lowest BCUT2D eigenvalue weighted by atomic mass is 9.79. The van der Waals surface area contributed by atoms with Crippen LogP contribution in [0, 0.1) is 12.3 Å². The van der Waals surface area contributed by atoms with Crippen molar-refractivity contribution in [3.63, 3.8) is 0 Å². The second-order valence-corrected chi connectivity index (χ2v) is 10.0. The van der Waals surface area contributed by atoms with Crippen molar-refractivity contribution in [2.45, 2.75) is 49.6 Å². The molecule has 1 atom stereocenters. The molecule has 0 radical (unpaired) electrons. The highest BCUT2D eigenvalue weighted by Crippen LogP contribution is 2.29. The Balaban J connectivity index is 0.00000261. The zero-order valence-electron chi connectivity index (χ0n) is 16.2. The summed E-state index contributed by atoms with van der Waals surface area (Å²) in [6, 6.07) is 14.5. The highest BCUT2D eigenvalue weighted by atomic mass is 35.5. The number of sulfone groups is 1. The second kappa shape index (κ2) is 8.31. The first-order valence-corrected chi connectivity index (χ1v) is 10.6. The van der Waals surface area contributed by atoms with Gasteiger partial charge in [0.05, 0.1) is 9.79 Å². The minimum atomic E-state index is -3.46. The predicted molar refractivity (Wildman–Crippen MR) is 112 cm³/mol. The lowest BCUT2D eigenvalue weighted by Gasteiger charge is -2.42. The Morgan fingerprint density at radius 3 is 2.07 bits per heavy atom. The summed E-state index contributed by atoms with van der Waals surface area (Å²) in [7, 11) is -3.46. The number of likely N-dealkylation sites (tertiary alicyclic amines) is 1. The number of nitrogens with two attached hydrogens (primary N) is 1. The number of hydrogen-bond acceptors (Lipinski definition) is 4. The molecule has 0 saturated carbocycles. The van der Waals surface area contributed by atoms with E-state index in [-0.39, 0.29) is 23.9 Å². The molecule has 1 unspecified atom stereocenters. The summed E-state index contributed by atoms with van der Waals surface area (Å²) in [4.78, 5) is 3.07. The van der Waals surface area contributed by atoms with Crippen LogP contribution in [-0.2, 0) is 16.4 Å². The zero-order chi connectivity index (χ0) is 18.9. The molecule has 1 saturated heterocycles. The van der Waals surface area contributed by atoms with Crippen LogP contribution in [0.4, 0.5) is 0 Å². The molecule has 0 amide bonds. The summed E-state index contributed by atoms with van der Waals surface area (Å²) >= 11 is 0. The third kappa shape index (κ3) is 4.91. The van der Waals surface area contributed by atoms with Gasteiger partial charge in [-0.15, -0.1) is 12.4 Å². The lowest BCUT2D eigenvalue weighted by Crippen LogP contribution is -2.52. The van der Waals surface area contributed by atoms with Gasteiger partial charge in [-0.1, -0.05) is 43.7 Å². The van der Waals surface area contributed by atoms with Gasteiger partial charge in [-0.25, -0.2) is 8.42 Å². The Labute approximate surface area is 169 Å². The van der Waals surface area contributed by atoms with Gasteiger partial charge in [0.2, 0.25) is 9.84 Å². The van der Waals surface area contributed by atoms with Crippen molar-refractivity contribution < 1.29 is 8.42 Å². The molecule has 0 aliphatic carbocycles. The summed E-state index contributed by atoms with van der Waals surface area (Å²) < 4.78 is 25.5. The first-order valence-electron chi connectivity index (χ1n) is 9.07. The van der Waals surface area contributed by atoms with Gasteiger partial charge in [0, 0.05) is 25.7 Å². The van der Waals surface area contributed by atoms with E-state index in [1.54, 1.807) is 24.3 Å². The molecule has 4 nitrogen and oxygen atoms in total. The Hall–Kier alpha value is -1.40. The maximum Gasteiger partial charge on any atom is 0.206 e. The summed E-state index contributed by atoms with van der Waals surface area (Å²) in [5, 5.41) is 0. The highest BCUT2D eigenvalue weighted by Gasteiger charge is 2.33. The fourth-order valence-corrected chi connectivity index (χ4v) is 4.77. The van der Waals surface area contributed by atoms with Crippen molar-refractivity contribution in [2.75, 3.05) is 13.1 Å². The van der Waals surface area contributed by atoms with Crippen LogP contribution < -0.4 is 5.73 Å². The van der Waals surface area contributed by atoms with Crippen LogP contribution in [-0.4, -0.2) is 32.4 Å². The van der Waals surface area contributed by atoms with Gasteiger partial charge < -0.3 is 5.73 Å². The number of halogens is 1. The van der Waals surface area contributed by atoms with E-state index in [1.165, 1.54) is 0 Å². The molecule has 148 valence electrons. The fourth-order valence-electron chi connectivity index (χ4n) is 3.51. The van der Waals surface area contributed by atoms with Crippen molar-refractivity contribution >= 4 is 22.2 Å². The van der Waals surface area contributed by atoms with Crippen LogP contribution in [0.3, 0.4) is 0 Å². The van der Waals surface area contributed by atoms with E-state index in [2.05, 4.69) is 18.7 Å². The standard InChI is InChI=1S/C21H28N2O2S.ClH/c1-16-4-8-18(9-5-16)26(24,25)19-10-6-17(7-11-19)14-23-13-12-20(22)21(2,3)15-23;/h4-11,20H,12-15,22H2,1-3H3;1H. The van der Waals surface area contributed by atoms with Crippen LogP contribution in [0.15, 0.2) is 58.3 Å². The highest BCUT2D eigenvalue weighted by molar-refractivity contribution is 7.91. The Morgan fingerprint density at radius 2 is 1.56 bits per heavy atom. The van der Waals surface area contributed by atoms with E-state index in [0.29, 0.717) is 9.79 Å². The van der Waals surface area contributed by atoms with E-state index >= 15 is 0 Å². The van der Waals surface area contributed by atoms with Gasteiger partial charge in [0.25, 0.3) is 0 Å². The van der Waals surface area contributed by atoms with Crippen LogP contribution in [0.5, 0.6) is 0 Å². The Bertz CT molecular complexity index is 862. The molecule has 2 aromatic carbocycles. The largest absolute Gasteiger partial charge is 0.327 e. The summed E-state index contributed by atoms with van der Waals surface area (Å²) in [5.41, 5.74) is 8.48. The van der Waals surface area contributed by atoms with Gasteiger partial charge in [0.1, 0.15) is 0 Å². The quantitative estimate of drug-likeness (QED) is 0.835. The first kappa shape index (κ1) is 21.9. The third-order valence-electron chi connectivity index (χ3n) is 5.36. The average Bonchev–Trinajstić information content (AvgIpc) is 2.59. The van der Waals surface area contributed by atoms with Crippen molar-refractivity contribution in [1.29, 1.82) is 0 Å². The van der Waals surface area contributed by atoms with Crippen LogP contribution in [0.2, 0.25) is 0 Å². The van der Waals surface area contributed by atoms with Gasteiger partial charge in [-0.2, -0.15) is 0 Å². The van der Waals surface area contributed by atoms with Gasteiger partial charge in [-0.05, 0) is 48.6 Å². The van der Waals surface area contributed by atoms with E-state index < -0.39 is 9.84 Å². The molecule has 1 heterocycles. The number of rotatable bonds is 4. The number of benzene rings is 2. The zero-order valence-corrected chi connectivity index (χ0v) is 17.8. The molecule has 0 bridgehead atoms. The molecule has 2 N–H and O–H groups in total. The summed E-state index contributed by atoms with van der Waals surface area (Å²) in [6.45, 7) is 9.12. The number of nitrogens with zero attached hydrogens (tertiary/aromatic N) is 1. The molecule has 0 aromatic heterocycles. The molecule has 6 heteroatoms. The van der Waals surface area contributed by atoms with E-state index in [0.717, 1.165) is 37.2 Å². The van der Waals surface area contributed by atoms with Crippen molar-refractivity contribution in [3.05, 3.63) is 59.7 Å². The van der Waals surface area contributed by atoms with Gasteiger partial charge in [0.15, 0.2) is 0 Å². The molecule has 1 aliphatic heterocycles. The molecule has 2 aromatic rings. The fraction of sp³-hybridized carbons (Fsp3) is 0.429. The van der Waals surface area contributed by atoms with E-state index in [1.807, 2.05) is 31.2 Å². The maximum atomic E-state index is 12.7. The number of piperidine rings is 1. The predicted octanol–water partition coefficient (Wildman–Crippen LogP) is 3.81. The van der Waals surface area contributed by atoms with Gasteiger partial charge >= 0.3 is 0 Å². The molecule has 3 rings (SSSR count). The number of hydrogen-bond donors (Lipinski definition) is 1. The third-order valence-corrected chi connectivity index (χ3v) is 7.15.